The Balaban J connectivity index is 3.58. The van der Waals surface area contributed by atoms with E-state index in [-0.39, 0.29) is 18.8 Å². The molecular formula is C6H11NO5S. The second-order valence-electron chi connectivity index (χ2n) is 2.08. The topological polar surface area (TPSA) is 95.7 Å². The average Bonchev–Trinajstić information content (AvgIpc) is 2.12. The minimum Gasteiger partial charge on any atom is -0.463 e. The van der Waals surface area contributed by atoms with E-state index in [1.807, 2.05) is 0 Å². The lowest BCUT2D eigenvalue weighted by molar-refractivity contribution is -0.137. The van der Waals surface area contributed by atoms with Crippen molar-refractivity contribution in [2.24, 2.45) is 5.90 Å². The fourth-order valence-electron chi connectivity index (χ4n) is 0.516. The van der Waals surface area contributed by atoms with Gasteiger partial charge in [0, 0.05) is 6.08 Å². The van der Waals surface area contributed by atoms with Gasteiger partial charge in [0.25, 0.3) is 10.1 Å². The van der Waals surface area contributed by atoms with Crippen molar-refractivity contribution in [1.29, 1.82) is 0 Å². The summed E-state index contributed by atoms with van der Waals surface area (Å²) in [7, 11) is -3.66. The fraction of sp³-hybridized carbons (Fsp3) is 0.500. The summed E-state index contributed by atoms with van der Waals surface area (Å²) in [6, 6.07) is 0. The van der Waals surface area contributed by atoms with E-state index in [0.717, 1.165) is 6.08 Å². The molecule has 0 radical (unpaired) electrons. The molecule has 7 heteroatoms. The van der Waals surface area contributed by atoms with Gasteiger partial charge in [0.1, 0.15) is 0 Å². The number of ether oxygens (including phenoxy) is 1. The van der Waals surface area contributed by atoms with Gasteiger partial charge in [0.15, 0.2) is 0 Å². The predicted octanol–water partition coefficient (Wildman–Crippen LogP) is -0.674. The van der Waals surface area contributed by atoms with Crippen molar-refractivity contribution in [3.63, 3.8) is 0 Å². The van der Waals surface area contributed by atoms with E-state index in [2.05, 4.69) is 21.5 Å². The normalized spacial score (nSPS) is 10.8. The summed E-state index contributed by atoms with van der Waals surface area (Å²) >= 11 is 0. The van der Waals surface area contributed by atoms with Gasteiger partial charge >= 0.3 is 5.97 Å². The summed E-state index contributed by atoms with van der Waals surface area (Å²) < 4.78 is 29.4. The minimum atomic E-state index is -3.66. The molecule has 0 aliphatic carbocycles. The van der Waals surface area contributed by atoms with Crippen LogP contribution in [0.1, 0.15) is 6.42 Å². The summed E-state index contributed by atoms with van der Waals surface area (Å²) in [6.45, 7) is 3.16. The molecule has 0 atom stereocenters. The summed E-state index contributed by atoms with van der Waals surface area (Å²) in [4.78, 5) is 10.5. The largest absolute Gasteiger partial charge is 0.463 e. The first-order chi connectivity index (χ1) is 6.02. The predicted molar refractivity (Wildman–Crippen MR) is 44.8 cm³/mol. The Kier molecular flexibility index (Phi) is 5.28. The zero-order valence-corrected chi connectivity index (χ0v) is 7.75. The quantitative estimate of drug-likeness (QED) is 0.269. The van der Waals surface area contributed by atoms with E-state index in [1.165, 1.54) is 0 Å². The molecule has 0 bridgehead atoms. The Hall–Kier alpha value is -0.920. The van der Waals surface area contributed by atoms with Crippen LogP contribution >= 0.6 is 0 Å². The van der Waals surface area contributed by atoms with Gasteiger partial charge in [-0.3, -0.25) is 0 Å². The highest BCUT2D eigenvalue weighted by Gasteiger charge is 2.08. The summed E-state index contributed by atoms with van der Waals surface area (Å²) in [6.07, 6.45) is 1.13. The number of esters is 1. The monoisotopic (exact) mass is 209 g/mol. The van der Waals surface area contributed by atoms with Crippen molar-refractivity contribution in [3.05, 3.63) is 12.7 Å². The molecule has 0 unspecified atom stereocenters. The van der Waals surface area contributed by atoms with Crippen LogP contribution in [0.4, 0.5) is 0 Å². The summed E-state index contributed by atoms with van der Waals surface area (Å²) in [5.41, 5.74) is 0. The van der Waals surface area contributed by atoms with E-state index < -0.39 is 16.1 Å². The van der Waals surface area contributed by atoms with Crippen LogP contribution in [0.3, 0.4) is 0 Å². The van der Waals surface area contributed by atoms with Crippen LogP contribution in [-0.2, 0) is 23.9 Å². The average molecular weight is 209 g/mol. The molecule has 0 aromatic carbocycles. The van der Waals surface area contributed by atoms with Crippen LogP contribution in [0.5, 0.6) is 0 Å². The molecule has 0 heterocycles. The van der Waals surface area contributed by atoms with Gasteiger partial charge < -0.3 is 4.74 Å². The highest BCUT2D eigenvalue weighted by Crippen LogP contribution is 1.93. The van der Waals surface area contributed by atoms with E-state index in [0.29, 0.717) is 0 Å². The van der Waals surface area contributed by atoms with Crippen molar-refractivity contribution >= 4 is 16.1 Å². The van der Waals surface area contributed by atoms with Gasteiger partial charge in [-0.05, 0) is 6.42 Å². The third-order valence-electron chi connectivity index (χ3n) is 1.10. The third-order valence-corrected chi connectivity index (χ3v) is 2.18. The standard InChI is InChI=1S/C6H11NO5S/c1-2-6(8)11-4-3-5-13(9,10)12-7/h2H,1,3-5,7H2. The van der Waals surface area contributed by atoms with Gasteiger partial charge in [-0.1, -0.05) is 6.58 Å². The maximum absolute atomic E-state index is 10.6. The lowest BCUT2D eigenvalue weighted by atomic mass is 10.5. The molecule has 0 aromatic heterocycles. The lowest BCUT2D eigenvalue weighted by Crippen LogP contribution is -2.16. The van der Waals surface area contributed by atoms with Crippen molar-refractivity contribution < 1.29 is 22.2 Å². The zero-order valence-electron chi connectivity index (χ0n) is 6.93. The van der Waals surface area contributed by atoms with Crippen LogP contribution < -0.4 is 5.90 Å². The number of carbonyl (C=O) groups is 1. The van der Waals surface area contributed by atoms with Crippen molar-refractivity contribution in [1.82, 2.24) is 0 Å². The maximum Gasteiger partial charge on any atom is 0.330 e. The zero-order chi connectivity index (χ0) is 10.3. The van der Waals surface area contributed by atoms with E-state index in [4.69, 9.17) is 0 Å². The van der Waals surface area contributed by atoms with Crippen LogP contribution in [0.15, 0.2) is 12.7 Å². The molecule has 6 nitrogen and oxygen atoms in total. The molecule has 0 saturated heterocycles. The van der Waals surface area contributed by atoms with Crippen LogP contribution in [0.2, 0.25) is 0 Å². The summed E-state index contributed by atoms with van der Waals surface area (Å²) in [5.74, 6) is 3.59. The van der Waals surface area contributed by atoms with Gasteiger partial charge in [-0.25, -0.2) is 4.79 Å². The summed E-state index contributed by atoms with van der Waals surface area (Å²) in [5, 5.41) is 0. The third kappa shape index (κ3) is 6.26. The Morgan fingerprint density at radius 2 is 2.15 bits per heavy atom. The van der Waals surface area contributed by atoms with E-state index in [9.17, 15) is 13.2 Å². The SMILES string of the molecule is C=CC(=O)OCCCS(=O)(=O)ON. The first-order valence-electron chi connectivity index (χ1n) is 3.42. The Morgan fingerprint density at radius 3 is 2.62 bits per heavy atom. The number of nitrogens with two attached hydrogens (primary N) is 1. The molecule has 0 spiro atoms. The molecule has 0 aromatic rings. The second kappa shape index (κ2) is 5.68. The molecule has 0 saturated carbocycles. The first-order valence-corrected chi connectivity index (χ1v) is 5.00. The number of carbonyl (C=O) groups excluding carboxylic acids is 1. The number of hydrogen-bond donors (Lipinski definition) is 1. The molecule has 0 fully saturated rings. The first kappa shape index (κ1) is 12.1. The molecule has 0 amide bonds. The Morgan fingerprint density at radius 1 is 1.54 bits per heavy atom. The van der Waals surface area contributed by atoms with E-state index >= 15 is 0 Å². The fourth-order valence-corrected chi connectivity index (χ4v) is 1.08. The maximum atomic E-state index is 10.6. The van der Waals surface area contributed by atoms with Crippen LogP contribution in [-0.4, -0.2) is 26.7 Å². The van der Waals surface area contributed by atoms with Crippen LogP contribution in [0.25, 0.3) is 0 Å². The molecule has 2 N–H and O–H groups in total. The second-order valence-corrected chi connectivity index (χ2v) is 3.80. The Bertz CT molecular complexity index is 271. The van der Waals surface area contributed by atoms with Gasteiger partial charge in [0.2, 0.25) is 0 Å². The molecule has 0 rings (SSSR count). The lowest BCUT2D eigenvalue weighted by Gasteiger charge is -2.01. The molecule has 0 aliphatic rings. The van der Waals surface area contributed by atoms with Gasteiger partial charge in [-0.15, -0.1) is 0 Å². The van der Waals surface area contributed by atoms with Crippen molar-refractivity contribution in [3.8, 4) is 0 Å². The van der Waals surface area contributed by atoms with Crippen molar-refractivity contribution in [2.75, 3.05) is 12.4 Å². The number of hydrogen-bond acceptors (Lipinski definition) is 6. The Labute approximate surface area is 76.4 Å². The number of rotatable bonds is 6. The van der Waals surface area contributed by atoms with Gasteiger partial charge in [0.05, 0.1) is 12.4 Å². The molecule has 76 valence electrons. The molecule has 0 aliphatic heterocycles. The highest BCUT2D eigenvalue weighted by atomic mass is 32.2. The van der Waals surface area contributed by atoms with Crippen molar-refractivity contribution in [2.45, 2.75) is 6.42 Å². The van der Waals surface area contributed by atoms with Crippen LogP contribution in [0, 0.1) is 0 Å². The smallest absolute Gasteiger partial charge is 0.330 e. The highest BCUT2D eigenvalue weighted by molar-refractivity contribution is 7.86. The minimum absolute atomic E-state index is 0.00650. The van der Waals surface area contributed by atoms with Gasteiger partial charge in [-0.2, -0.15) is 18.6 Å². The molecule has 13 heavy (non-hydrogen) atoms. The van der Waals surface area contributed by atoms with E-state index in [1.54, 1.807) is 0 Å². The molecular weight excluding hydrogens is 198 g/mol.